The van der Waals surface area contributed by atoms with Gasteiger partial charge in [0, 0.05) is 32.0 Å². The highest BCUT2D eigenvalue weighted by Gasteiger charge is 2.44. The van der Waals surface area contributed by atoms with E-state index in [4.69, 9.17) is 0 Å². The van der Waals surface area contributed by atoms with Crippen molar-refractivity contribution in [3.8, 4) is 0 Å². The molecule has 1 unspecified atom stereocenters. The van der Waals surface area contributed by atoms with Crippen LogP contribution in [0, 0.1) is 5.92 Å². The Morgan fingerprint density at radius 1 is 1.33 bits per heavy atom. The number of hydrogen-bond donors (Lipinski definition) is 2. The highest BCUT2D eigenvalue weighted by atomic mass is 19.3. The first-order valence-electron chi connectivity index (χ1n) is 7.60. The van der Waals surface area contributed by atoms with Gasteiger partial charge in [0.25, 0.3) is 5.92 Å². The number of halogens is 2. The molecule has 0 bridgehead atoms. The van der Waals surface area contributed by atoms with Crippen molar-refractivity contribution >= 4 is 11.8 Å². The van der Waals surface area contributed by atoms with Crippen molar-refractivity contribution in [1.29, 1.82) is 0 Å². The van der Waals surface area contributed by atoms with E-state index in [9.17, 15) is 18.4 Å². The normalized spacial score (nSPS) is 25.9. The number of hydrogen-bond acceptors (Lipinski definition) is 3. The fourth-order valence-electron chi connectivity index (χ4n) is 2.87. The van der Waals surface area contributed by atoms with E-state index in [0.717, 1.165) is 6.42 Å². The third kappa shape index (κ3) is 4.12. The minimum atomic E-state index is -2.79. The van der Waals surface area contributed by atoms with Crippen LogP contribution in [0.2, 0.25) is 0 Å². The van der Waals surface area contributed by atoms with Gasteiger partial charge in [0.1, 0.15) is 0 Å². The molecule has 0 spiro atoms. The molecule has 2 aliphatic rings. The van der Waals surface area contributed by atoms with Crippen LogP contribution >= 0.6 is 0 Å². The summed E-state index contributed by atoms with van der Waals surface area (Å²) in [7, 11) is 0. The number of nitrogens with one attached hydrogen (secondary N) is 2. The molecular weight excluding hydrogens is 280 g/mol. The molecule has 0 aromatic rings. The van der Waals surface area contributed by atoms with Crippen molar-refractivity contribution in [1.82, 2.24) is 15.5 Å². The molecule has 2 fully saturated rings. The van der Waals surface area contributed by atoms with Crippen LogP contribution in [0.1, 0.15) is 32.6 Å². The molecule has 7 heteroatoms. The highest BCUT2D eigenvalue weighted by molar-refractivity contribution is 5.83. The number of likely N-dealkylation sites (tertiary alicyclic amines) is 1. The summed E-state index contributed by atoms with van der Waals surface area (Å²) in [5.41, 5.74) is 0. The first-order chi connectivity index (χ1) is 9.93. The summed E-state index contributed by atoms with van der Waals surface area (Å²) >= 11 is 0. The van der Waals surface area contributed by atoms with Crippen LogP contribution in [-0.4, -0.2) is 54.9 Å². The molecule has 0 aliphatic carbocycles. The predicted octanol–water partition coefficient (Wildman–Crippen LogP) is 0.748. The zero-order valence-electron chi connectivity index (χ0n) is 12.3. The van der Waals surface area contributed by atoms with Crippen molar-refractivity contribution in [2.24, 2.45) is 5.92 Å². The van der Waals surface area contributed by atoms with Crippen LogP contribution in [0.5, 0.6) is 0 Å². The number of nitrogens with zero attached hydrogens (tertiary/aromatic N) is 1. The summed E-state index contributed by atoms with van der Waals surface area (Å²) in [6.45, 7) is 3.16. The lowest BCUT2D eigenvalue weighted by molar-refractivity contribution is -0.137. The molecule has 2 N–H and O–H groups in total. The number of rotatable bonds is 4. The summed E-state index contributed by atoms with van der Waals surface area (Å²) in [6, 6.07) is -0.787. The number of piperidine rings is 1. The zero-order chi connectivity index (χ0) is 15.5. The van der Waals surface area contributed by atoms with E-state index in [-0.39, 0.29) is 17.7 Å². The van der Waals surface area contributed by atoms with Crippen LogP contribution in [-0.2, 0) is 9.59 Å². The third-order valence-electron chi connectivity index (χ3n) is 4.13. The smallest absolute Gasteiger partial charge is 0.262 e. The average molecular weight is 303 g/mol. The second kappa shape index (κ2) is 6.68. The molecule has 2 rings (SSSR count). The number of alkyl halides is 2. The Hall–Kier alpha value is -1.24. The predicted molar refractivity (Wildman–Crippen MR) is 74.0 cm³/mol. The monoisotopic (exact) mass is 303 g/mol. The topological polar surface area (TPSA) is 61.4 Å². The van der Waals surface area contributed by atoms with Crippen molar-refractivity contribution in [3.05, 3.63) is 0 Å². The number of carbonyl (C=O) groups excluding carboxylic acids is 2. The third-order valence-corrected chi connectivity index (χ3v) is 4.13. The molecule has 0 radical (unpaired) electrons. The van der Waals surface area contributed by atoms with Gasteiger partial charge in [-0.15, -0.1) is 0 Å². The Labute approximate surface area is 123 Å². The van der Waals surface area contributed by atoms with Gasteiger partial charge in [-0.25, -0.2) is 8.78 Å². The Kier molecular flexibility index (Phi) is 5.13. The van der Waals surface area contributed by atoms with Crippen molar-refractivity contribution < 1.29 is 18.4 Å². The van der Waals surface area contributed by atoms with Gasteiger partial charge in [-0.3, -0.25) is 14.9 Å². The molecule has 0 aromatic carbocycles. The van der Waals surface area contributed by atoms with Gasteiger partial charge in [-0.05, 0) is 19.3 Å². The first-order valence-corrected chi connectivity index (χ1v) is 7.60. The van der Waals surface area contributed by atoms with Crippen LogP contribution in [0.3, 0.4) is 0 Å². The Morgan fingerprint density at radius 3 is 2.52 bits per heavy atom. The van der Waals surface area contributed by atoms with E-state index >= 15 is 0 Å². The van der Waals surface area contributed by atoms with E-state index in [1.54, 1.807) is 4.90 Å². The van der Waals surface area contributed by atoms with Gasteiger partial charge in [-0.1, -0.05) is 6.92 Å². The molecule has 2 amide bonds. The highest BCUT2D eigenvalue weighted by Crippen LogP contribution is 2.27. The maximum Gasteiger partial charge on any atom is 0.262 e. The van der Waals surface area contributed by atoms with Crippen molar-refractivity contribution in [2.75, 3.05) is 26.2 Å². The van der Waals surface area contributed by atoms with E-state index < -0.39 is 24.9 Å². The molecule has 2 heterocycles. The fourth-order valence-corrected chi connectivity index (χ4v) is 2.87. The Bertz CT molecular complexity index is 396. The zero-order valence-corrected chi connectivity index (χ0v) is 12.3. The molecule has 21 heavy (non-hydrogen) atoms. The van der Waals surface area contributed by atoms with Gasteiger partial charge >= 0.3 is 0 Å². The SMILES string of the molecule is CCCNC(=O)C1CCN(C(=O)C2CC(F)(F)CN2)CC1. The Morgan fingerprint density at radius 2 is 2.00 bits per heavy atom. The average Bonchev–Trinajstić information content (AvgIpc) is 2.84. The molecule has 2 aliphatic heterocycles. The quantitative estimate of drug-likeness (QED) is 0.805. The van der Waals surface area contributed by atoms with Crippen molar-refractivity contribution in [3.63, 3.8) is 0 Å². The number of carbonyl (C=O) groups is 2. The van der Waals surface area contributed by atoms with Crippen LogP contribution in [0.25, 0.3) is 0 Å². The maximum absolute atomic E-state index is 13.1. The summed E-state index contributed by atoms with van der Waals surface area (Å²) < 4.78 is 26.2. The van der Waals surface area contributed by atoms with Gasteiger partial charge in [0.05, 0.1) is 12.6 Å². The molecule has 0 saturated carbocycles. The van der Waals surface area contributed by atoms with E-state index in [1.165, 1.54) is 0 Å². The number of amides is 2. The van der Waals surface area contributed by atoms with Crippen molar-refractivity contribution in [2.45, 2.75) is 44.6 Å². The lowest BCUT2D eigenvalue weighted by Crippen LogP contribution is -2.48. The summed E-state index contributed by atoms with van der Waals surface area (Å²) in [5, 5.41) is 5.44. The fraction of sp³-hybridized carbons (Fsp3) is 0.857. The van der Waals surface area contributed by atoms with Crippen LogP contribution in [0.4, 0.5) is 8.78 Å². The second-order valence-electron chi connectivity index (χ2n) is 5.88. The molecule has 2 saturated heterocycles. The lowest BCUT2D eigenvalue weighted by Gasteiger charge is -2.33. The van der Waals surface area contributed by atoms with E-state index in [0.29, 0.717) is 32.5 Å². The molecule has 120 valence electrons. The van der Waals surface area contributed by atoms with Gasteiger partial charge in [-0.2, -0.15) is 0 Å². The molecule has 0 aromatic heterocycles. The van der Waals surface area contributed by atoms with Gasteiger partial charge in [0.2, 0.25) is 11.8 Å². The first kappa shape index (κ1) is 16.1. The van der Waals surface area contributed by atoms with Crippen LogP contribution < -0.4 is 10.6 Å². The largest absolute Gasteiger partial charge is 0.356 e. The standard InChI is InChI=1S/C14H23F2N3O2/c1-2-5-17-12(20)10-3-6-19(7-4-10)13(21)11-8-14(15,16)9-18-11/h10-11,18H,2-9H2,1H3,(H,17,20). The summed E-state index contributed by atoms with van der Waals surface area (Å²) in [6.07, 6.45) is 1.67. The minimum absolute atomic E-state index is 0.0365. The molecule has 1 atom stereocenters. The molecular formula is C14H23F2N3O2. The summed E-state index contributed by atoms with van der Waals surface area (Å²) in [5.74, 6) is -3.09. The summed E-state index contributed by atoms with van der Waals surface area (Å²) in [4.78, 5) is 25.6. The van der Waals surface area contributed by atoms with E-state index in [2.05, 4.69) is 10.6 Å². The Balaban J connectivity index is 1.78. The maximum atomic E-state index is 13.1. The molecule has 5 nitrogen and oxygen atoms in total. The minimum Gasteiger partial charge on any atom is -0.356 e. The van der Waals surface area contributed by atoms with E-state index in [1.807, 2.05) is 6.92 Å². The second-order valence-corrected chi connectivity index (χ2v) is 5.88. The van der Waals surface area contributed by atoms with Gasteiger partial charge in [0.15, 0.2) is 0 Å². The van der Waals surface area contributed by atoms with Crippen LogP contribution in [0.15, 0.2) is 0 Å². The van der Waals surface area contributed by atoms with Gasteiger partial charge < -0.3 is 10.2 Å². The lowest BCUT2D eigenvalue weighted by atomic mass is 9.95.